The predicted octanol–water partition coefficient (Wildman–Crippen LogP) is 3.27. The van der Waals surface area contributed by atoms with Crippen molar-refractivity contribution < 1.29 is 19.0 Å². The second-order valence-electron chi connectivity index (χ2n) is 7.11. The molecule has 2 aliphatic rings. The summed E-state index contributed by atoms with van der Waals surface area (Å²) in [4.78, 5) is 15.2. The number of hydrogen-bond donors (Lipinski definition) is 0. The summed E-state index contributed by atoms with van der Waals surface area (Å²) in [5.74, 6) is 0.251. The lowest BCUT2D eigenvalue weighted by Gasteiger charge is -2.37. The molecule has 2 saturated heterocycles. The van der Waals surface area contributed by atoms with Crippen LogP contribution in [0.4, 0.5) is 0 Å². The number of carbonyl (C=O) groups excluding carboxylic acids is 1. The molecule has 0 radical (unpaired) electrons. The highest BCUT2D eigenvalue weighted by molar-refractivity contribution is 6.10. The lowest BCUT2D eigenvalue weighted by molar-refractivity contribution is -0.185. The number of para-hydroxylation sites is 1. The predicted molar refractivity (Wildman–Crippen MR) is 102 cm³/mol. The van der Waals surface area contributed by atoms with Crippen LogP contribution in [-0.4, -0.2) is 49.9 Å². The summed E-state index contributed by atoms with van der Waals surface area (Å²) in [6.07, 6.45) is 1.83. The highest BCUT2D eigenvalue weighted by Gasteiger charge is 2.39. The van der Waals surface area contributed by atoms with E-state index in [0.717, 1.165) is 32.5 Å². The first-order valence-electron chi connectivity index (χ1n) is 9.46. The maximum absolute atomic E-state index is 12.8. The zero-order valence-electron chi connectivity index (χ0n) is 15.6. The van der Waals surface area contributed by atoms with E-state index in [1.165, 1.54) is 5.56 Å². The fourth-order valence-electron chi connectivity index (χ4n) is 3.84. The molecule has 0 unspecified atom stereocenters. The van der Waals surface area contributed by atoms with Gasteiger partial charge in [-0.2, -0.15) is 0 Å². The number of likely N-dealkylation sites (tertiary alicyclic amines) is 1. The Balaban J connectivity index is 1.38. The number of ketones is 1. The molecule has 2 heterocycles. The van der Waals surface area contributed by atoms with E-state index in [1.807, 2.05) is 42.5 Å². The average molecular weight is 367 g/mol. The topological polar surface area (TPSA) is 48.0 Å². The van der Waals surface area contributed by atoms with E-state index in [-0.39, 0.29) is 11.6 Å². The quantitative estimate of drug-likeness (QED) is 0.759. The smallest absolute Gasteiger partial charge is 0.196 e. The fraction of sp³-hybridized carbons (Fsp3) is 0.409. The molecule has 2 fully saturated rings. The van der Waals surface area contributed by atoms with Crippen molar-refractivity contribution in [1.29, 1.82) is 0 Å². The monoisotopic (exact) mass is 367 g/mol. The zero-order valence-corrected chi connectivity index (χ0v) is 15.6. The van der Waals surface area contributed by atoms with Crippen molar-refractivity contribution in [3.63, 3.8) is 0 Å². The lowest BCUT2D eigenvalue weighted by atomic mass is 10.00. The van der Waals surface area contributed by atoms with Crippen molar-refractivity contribution in [2.24, 2.45) is 0 Å². The Labute approximate surface area is 159 Å². The summed E-state index contributed by atoms with van der Waals surface area (Å²) in [7, 11) is 1.58. The maximum Gasteiger partial charge on any atom is 0.196 e. The molecule has 2 aromatic rings. The molecule has 0 amide bonds. The van der Waals surface area contributed by atoms with Crippen molar-refractivity contribution >= 4 is 5.78 Å². The van der Waals surface area contributed by atoms with Gasteiger partial charge in [0.2, 0.25) is 0 Å². The first kappa shape index (κ1) is 18.2. The van der Waals surface area contributed by atoms with E-state index in [2.05, 4.69) is 4.90 Å². The van der Waals surface area contributed by atoms with Crippen LogP contribution in [0.2, 0.25) is 0 Å². The summed E-state index contributed by atoms with van der Waals surface area (Å²) in [5, 5.41) is 0. The molecule has 4 rings (SSSR count). The zero-order chi connectivity index (χ0) is 18.7. The SMILES string of the molecule is COc1ccccc1C(=O)c1ccc(CN2CCC3(CC2)OCCO3)cc1. The van der Waals surface area contributed by atoms with Gasteiger partial charge in [-0.15, -0.1) is 0 Å². The van der Waals surface area contributed by atoms with Gasteiger partial charge in [0.05, 0.1) is 25.9 Å². The third kappa shape index (κ3) is 3.90. The number of methoxy groups -OCH3 is 1. The molecule has 0 N–H and O–H groups in total. The summed E-state index contributed by atoms with van der Waals surface area (Å²) in [6.45, 7) is 4.21. The minimum atomic E-state index is -0.332. The van der Waals surface area contributed by atoms with Crippen LogP contribution in [0.3, 0.4) is 0 Å². The summed E-state index contributed by atoms with van der Waals surface area (Å²) >= 11 is 0. The normalized spacial score (nSPS) is 19.3. The number of piperidine rings is 1. The molecule has 1 spiro atoms. The van der Waals surface area contributed by atoms with Gasteiger partial charge < -0.3 is 14.2 Å². The molecule has 2 aliphatic heterocycles. The van der Waals surface area contributed by atoms with Crippen LogP contribution in [0.1, 0.15) is 34.3 Å². The number of nitrogens with zero attached hydrogens (tertiary/aromatic N) is 1. The van der Waals surface area contributed by atoms with Crippen LogP contribution in [0, 0.1) is 0 Å². The van der Waals surface area contributed by atoms with Crippen LogP contribution >= 0.6 is 0 Å². The number of ether oxygens (including phenoxy) is 3. The molecule has 0 saturated carbocycles. The van der Waals surface area contributed by atoms with Gasteiger partial charge in [0.1, 0.15) is 5.75 Å². The molecular formula is C22H25NO4. The summed E-state index contributed by atoms with van der Waals surface area (Å²) < 4.78 is 16.9. The molecule has 0 aromatic heterocycles. The number of hydrogen-bond acceptors (Lipinski definition) is 5. The minimum absolute atomic E-state index is 0.0190. The highest BCUT2D eigenvalue weighted by Crippen LogP contribution is 2.31. The van der Waals surface area contributed by atoms with E-state index in [4.69, 9.17) is 14.2 Å². The number of benzene rings is 2. The first-order valence-corrected chi connectivity index (χ1v) is 9.46. The summed E-state index contributed by atoms with van der Waals surface area (Å²) in [5.41, 5.74) is 2.47. The highest BCUT2D eigenvalue weighted by atomic mass is 16.7. The van der Waals surface area contributed by atoms with Crippen LogP contribution < -0.4 is 4.74 Å². The van der Waals surface area contributed by atoms with Gasteiger partial charge in [0.15, 0.2) is 11.6 Å². The number of carbonyl (C=O) groups is 1. The standard InChI is InChI=1S/C22H25NO4/c1-25-20-5-3-2-4-19(20)21(24)18-8-6-17(7-9-18)16-23-12-10-22(11-13-23)26-14-15-27-22/h2-9H,10-16H2,1H3. The third-order valence-electron chi connectivity index (χ3n) is 5.41. The Kier molecular flexibility index (Phi) is 5.25. The molecule has 2 aromatic carbocycles. The molecule has 5 nitrogen and oxygen atoms in total. The van der Waals surface area contributed by atoms with Gasteiger partial charge in [-0.1, -0.05) is 36.4 Å². The third-order valence-corrected chi connectivity index (χ3v) is 5.41. The Hall–Kier alpha value is -2.21. The van der Waals surface area contributed by atoms with Gasteiger partial charge in [-0.25, -0.2) is 0 Å². The van der Waals surface area contributed by atoms with Gasteiger partial charge in [-0.3, -0.25) is 9.69 Å². The van der Waals surface area contributed by atoms with Crippen molar-refractivity contribution in [3.8, 4) is 5.75 Å². The lowest BCUT2D eigenvalue weighted by Crippen LogP contribution is -2.44. The molecule has 5 heteroatoms. The second kappa shape index (κ2) is 7.80. The van der Waals surface area contributed by atoms with E-state index < -0.39 is 0 Å². The largest absolute Gasteiger partial charge is 0.496 e. The van der Waals surface area contributed by atoms with Gasteiger partial charge in [-0.05, 0) is 17.7 Å². The minimum Gasteiger partial charge on any atom is -0.496 e. The Morgan fingerprint density at radius 1 is 1.04 bits per heavy atom. The Morgan fingerprint density at radius 2 is 1.70 bits per heavy atom. The fourth-order valence-corrected chi connectivity index (χ4v) is 3.84. The number of rotatable bonds is 5. The van der Waals surface area contributed by atoms with Crippen LogP contribution in [-0.2, 0) is 16.0 Å². The average Bonchev–Trinajstić information content (AvgIpc) is 3.18. The van der Waals surface area contributed by atoms with Crippen LogP contribution in [0.25, 0.3) is 0 Å². The van der Waals surface area contributed by atoms with E-state index in [1.54, 1.807) is 13.2 Å². The van der Waals surface area contributed by atoms with E-state index >= 15 is 0 Å². The molecule has 0 aliphatic carbocycles. The molecule has 27 heavy (non-hydrogen) atoms. The van der Waals surface area contributed by atoms with Gasteiger partial charge in [0, 0.05) is 38.0 Å². The molecule has 0 bridgehead atoms. The van der Waals surface area contributed by atoms with Gasteiger partial charge >= 0.3 is 0 Å². The summed E-state index contributed by atoms with van der Waals surface area (Å²) in [6, 6.07) is 15.2. The second-order valence-corrected chi connectivity index (χ2v) is 7.11. The van der Waals surface area contributed by atoms with Crippen molar-refractivity contribution in [3.05, 3.63) is 65.2 Å². The molecular weight excluding hydrogens is 342 g/mol. The van der Waals surface area contributed by atoms with E-state index in [9.17, 15) is 4.79 Å². The van der Waals surface area contributed by atoms with E-state index in [0.29, 0.717) is 30.1 Å². The van der Waals surface area contributed by atoms with Crippen LogP contribution in [0.15, 0.2) is 48.5 Å². The maximum atomic E-state index is 12.8. The molecule has 142 valence electrons. The van der Waals surface area contributed by atoms with Crippen molar-refractivity contribution in [1.82, 2.24) is 4.90 Å². The Bertz CT molecular complexity index is 786. The molecule has 0 atom stereocenters. The first-order chi connectivity index (χ1) is 13.2. The Morgan fingerprint density at radius 3 is 2.37 bits per heavy atom. The van der Waals surface area contributed by atoms with Gasteiger partial charge in [0.25, 0.3) is 0 Å². The van der Waals surface area contributed by atoms with Crippen molar-refractivity contribution in [2.75, 3.05) is 33.4 Å². The van der Waals surface area contributed by atoms with Crippen molar-refractivity contribution in [2.45, 2.75) is 25.2 Å². The van der Waals surface area contributed by atoms with Crippen LogP contribution in [0.5, 0.6) is 5.75 Å².